The number of nitrogens with one attached hydrogen (secondary N) is 1. The summed E-state index contributed by atoms with van der Waals surface area (Å²) >= 11 is 0. The lowest BCUT2D eigenvalue weighted by Gasteiger charge is -2.26. The van der Waals surface area contributed by atoms with Gasteiger partial charge in [0.15, 0.2) is 0 Å². The summed E-state index contributed by atoms with van der Waals surface area (Å²) in [5, 5.41) is 3.40. The molecule has 0 aliphatic heterocycles. The second kappa shape index (κ2) is 6.33. The molecule has 1 unspecified atom stereocenters. The van der Waals surface area contributed by atoms with E-state index in [4.69, 9.17) is 0 Å². The molecule has 100 valence electrons. The zero-order chi connectivity index (χ0) is 13.0. The van der Waals surface area contributed by atoms with Crippen molar-refractivity contribution in [1.82, 2.24) is 5.32 Å². The molecule has 1 nitrogen and oxygen atoms in total. The van der Waals surface area contributed by atoms with Crippen LogP contribution in [0.25, 0.3) is 0 Å². The fourth-order valence-corrected chi connectivity index (χ4v) is 3.26. The van der Waals surface area contributed by atoms with E-state index in [0.717, 1.165) is 11.1 Å². The van der Waals surface area contributed by atoms with Crippen molar-refractivity contribution in [1.29, 1.82) is 0 Å². The highest BCUT2D eigenvalue weighted by atomic mass is 19.1. The van der Waals surface area contributed by atoms with Crippen LogP contribution < -0.4 is 5.32 Å². The van der Waals surface area contributed by atoms with Gasteiger partial charge in [-0.25, -0.2) is 4.39 Å². The van der Waals surface area contributed by atoms with Crippen molar-refractivity contribution in [2.45, 2.75) is 51.5 Å². The molecule has 0 aromatic heterocycles. The van der Waals surface area contributed by atoms with Crippen molar-refractivity contribution >= 4 is 0 Å². The molecule has 18 heavy (non-hydrogen) atoms. The summed E-state index contributed by atoms with van der Waals surface area (Å²) in [7, 11) is 2.00. The minimum Gasteiger partial charge on any atom is -0.313 e. The van der Waals surface area contributed by atoms with Crippen LogP contribution in [0.3, 0.4) is 0 Å². The van der Waals surface area contributed by atoms with E-state index in [1.165, 1.54) is 38.5 Å². The number of rotatable bonds is 3. The van der Waals surface area contributed by atoms with Crippen LogP contribution >= 0.6 is 0 Å². The number of halogens is 1. The van der Waals surface area contributed by atoms with Gasteiger partial charge >= 0.3 is 0 Å². The van der Waals surface area contributed by atoms with Crippen molar-refractivity contribution in [3.05, 3.63) is 35.1 Å². The van der Waals surface area contributed by atoms with Gasteiger partial charge in [-0.15, -0.1) is 0 Å². The summed E-state index contributed by atoms with van der Waals surface area (Å²) < 4.78 is 13.5. The van der Waals surface area contributed by atoms with E-state index >= 15 is 0 Å². The van der Waals surface area contributed by atoms with Gasteiger partial charge in [0.2, 0.25) is 0 Å². The summed E-state index contributed by atoms with van der Waals surface area (Å²) in [4.78, 5) is 0. The lowest BCUT2D eigenvalue weighted by atomic mass is 9.87. The Balaban J connectivity index is 2.20. The maximum absolute atomic E-state index is 13.5. The molecule has 1 N–H and O–H groups in total. The second-order valence-electron chi connectivity index (χ2n) is 5.58. The molecular formula is C16H24FN. The Kier molecular flexibility index (Phi) is 4.76. The third-order valence-electron chi connectivity index (χ3n) is 4.11. The molecular weight excluding hydrogens is 225 g/mol. The third kappa shape index (κ3) is 3.32. The molecule has 0 radical (unpaired) electrons. The van der Waals surface area contributed by atoms with Crippen LogP contribution in [0.5, 0.6) is 0 Å². The monoisotopic (exact) mass is 249 g/mol. The van der Waals surface area contributed by atoms with Gasteiger partial charge in [0, 0.05) is 6.04 Å². The number of benzene rings is 1. The van der Waals surface area contributed by atoms with Crippen LogP contribution in [-0.4, -0.2) is 7.05 Å². The molecule has 0 spiro atoms. The lowest BCUT2D eigenvalue weighted by Crippen LogP contribution is -2.25. The van der Waals surface area contributed by atoms with E-state index in [1.54, 1.807) is 12.1 Å². The first-order valence-electron chi connectivity index (χ1n) is 7.15. The molecule has 2 rings (SSSR count). The van der Waals surface area contributed by atoms with Crippen molar-refractivity contribution in [3.63, 3.8) is 0 Å². The van der Waals surface area contributed by atoms with E-state index in [2.05, 4.69) is 11.4 Å². The Labute approximate surface area is 110 Å². The maximum atomic E-state index is 13.5. The third-order valence-corrected chi connectivity index (χ3v) is 4.11. The number of aryl methyl sites for hydroxylation is 1. The summed E-state index contributed by atoms with van der Waals surface area (Å²) in [5.41, 5.74) is 2.13. The molecule has 1 aliphatic rings. The average Bonchev–Trinajstić information content (AvgIpc) is 2.58. The number of hydrogen-bond donors (Lipinski definition) is 1. The number of hydrogen-bond acceptors (Lipinski definition) is 1. The second-order valence-corrected chi connectivity index (χ2v) is 5.58. The summed E-state index contributed by atoms with van der Waals surface area (Å²) in [6, 6.07) is 5.72. The van der Waals surface area contributed by atoms with Crippen LogP contribution in [0, 0.1) is 18.7 Å². The first kappa shape index (κ1) is 13.5. The average molecular weight is 249 g/mol. The zero-order valence-electron chi connectivity index (χ0n) is 11.5. The van der Waals surface area contributed by atoms with Crippen LogP contribution in [0.4, 0.5) is 4.39 Å². The van der Waals surface area contributed by atoms with E-state index in [9.17, 15) is 4.39 Å². The SMILES string of the molecule is CNC(c1cc(C)cc(F)c1)C1CCCCCC1. The van der Waals surface area contributed by atoms with Gasteiger partial charge in [-0.2, -0.15) is 0 Å². The fraction of sp³-hybridized carbons (Fsp3) is 0.625. The van der Waals surface area contributed by atoms with Crippen molar-refractivity contribution in [2.24, 2.45) is 5.92 Å². The first-order chi connectivity index (χ1) is 8.70. The Morgan fingerprint density at radius 3 is 2.33 bits per heavy atom. The summed E-state index contributed by atoms with van der Waals surface area (Å²) in [6.45, 7) is 1.96. The largest absolute Gasteiger partial charge is 0.313 e. The molecule has 1 aromatic rings. The molecule has 0 saturated heterocycles. The normalized spacial score (nSPS) is 19.5. The molecule has 0 bridgehead atoms. The minimum atomic E-state index is -0.112. The van der Waals surface area contributed by atoms with E-state index in [0.29, 0.717) is 12.0 Å². The molecule has 1 saturated carbocycles. The zero-order valence-corrected chi connectivity index (χ0v) is 11.5. The lowest BCUT2D eigenvalue weighted by molar-refractivity contribution is 0.340. The highest BCUT2D eigenvalue weighted by Crippen LogP contribution is 2.33. The Morgan fingerprint density at radius 2 is 1.78 bits per heavy atom. The molecule has 1 aromatic carbocycles. The molecule has 1 fully saturated rings. The van der Waals surface area contributed by atoms with Crippen LogP contribution in [0.15, 0.2) is 18.2 Å². The summed E-state index contributed by atoms with van der Waals surface area (Å²) in [5.74, 6) is 0.539. The predicted octanol–water partition coefficient (Wildman–Crippen LogP) is 4.37. The molecule has 0 amide bonds. The highest BCUT2D eigenvalue weighted by molar-refractivity contribution is 5.26. The van der Waals surface area contributed by atoms with E-state index in [1.807, 2.05) is 14.0 Å². The van der Waals surface area contributed by atoms with Gasteiger partial charge in [-0.1, -0.05) is 31.7 Å². The van der Waals surface area contributed by atoms with E-state index < -0.39 is 0 Å². The molecule has 2 heteroatoms. The van der Waals surface area contributed by atoms with Gasteiger partial charge in [0.1, 0.15) is 5.82 Å². The first-order valence-corrected chi connectivity index (χ1v) is 7.15. The predicted molar refractivity (Wildman–Crippen MR) is 74.1 cm³/mol. The van der Waals surface area contributed by atoms with Gasteiger partial charge in [0.05, 0.1) is 0 Å². The molecule has 0 heterocycles. The van der Waals surface area contributed by atoms with Gasteiger partial charge in [-0.05, 0) is 56.0 Å². The van der Waals surface area contributed by atoms with Crippen molar-refractivity contribution < 1.29 is 4.39 Å². The standard InChI is InChI=1S/C16H24FN/c1-12-9-14(11-15(17)10-12)16(18-2)13-7-5-3-4-6-8-13/h9-11,13,16,18H,3-8H2,1-2H3. The van der Waals surface area contributed by atoms with Crippen LogP contribution in [0.2, 0.25) is 0 Å². The molecule has 1 aliphatic carbocycles. The van der Waals surface area contributed by atoms with Gasteiger partial charge in [-0.3, -0.25) is 0 Å². The quantitative estimate of drug-likeness (QED) is 0.785. The Morgan fingerprint density at radius 1 is 1.11 bits per heavy atom. The van der Waals surface area contributed by atoms with Crippen molar-refractivity contribution in [3.8, 4) is 0 Å². The summed E-state index contributed by atoms with van der Waals surface area (Å²) in [6.07, 6.45) is 7.88. The molecule has 1 atom stereocenters. The topological polar surface area (TPSA) is 12.0 Å². The highest BCUT2D eigenvalue weighted by Gasteiger charge is 2.23. The van der Waals surface area contributed by atoms with Gasteiger partial charge < -0.3 is 5.32 Å². The minimum absolute atomic E-state index is 0.112. The van der Waals surface area contributed by atoms with E-state index in [-0.39, 0.29) is 5.82 Å². The van der Waals surface area contributed by atoms with Crippen LogP contribution in [0.1, 0.15) is 55.7 Å². The smallest absolute Gasteiger partial charge is 0.123 e. The van der Waals surface area contributed by atoms with Crippen LogP contribution in [-0.2, 0) is 0 Å². The van der Waals surface area contributed by atoms with Crippen molar-refractivity contribution in [2.75, 3.05) is 7.05 Å². The fourth-order valence-electron chi connectivity index (χ4n) is 3.26. The Bertz CT molecular complexity index is 360. The Hall–Kier alpha value is -0.890. The van der Waals surface area contributed by atoms with Gasteiger partial charge in [0.25, 0.3) is 0 Å². The maximum Gasteiger partial charge on any atom is 0.123 e.